The normalized spacial score (nSPS) is 10.4. The summed E-state index contributed by atoms with van der Waals surface area (Å²) < 4.78 is 17.4. The molecule has 28 heavy (non-hydrogen) atoms. The minimum atomic E-state index is 0.494. The first kappa shape index (κ1) is 19.6. The van der Waals surface area contributed by atoms with Crippen LogP contribution in [0.2, 0.25) is 0 Å². The van der Waals surface area contributed by atoms with Gasteiger partial charge in [-0.2, -0.15) is 0 Å². The summed E-state index contributed by atoms with van der Waals surface area (Å²) in [6.45, 7) is 6.45. The molecule has 0 unspecified atom stereocenters. The highest BCUT2D eigenvalue weighted by Gasteiger charge is 2.03. The lowest BCUT2D eigenvalue weighted by Crippen LogP contribution is -2.13. The molecule has 0 saturated carbocycles. The molecule has 4 nitrogen and oxygen atoms in total. The Morgan fingerprint density at radius 2 is 1.29 bits per heavy atom. The Kier molecular flexibility index (Phi) is 7.19. The van der Waals surface area contributed by atoms with Gasteiger partial charge in [-0.25, -0.2) is 0 Å². The van der Waals surface area contributed by atoms with Crippen molar-refractivity contribution in [3.63, 3.8) is 0 Å². The van der Waals surface area contributed by atoms with Crippen molar-refractivity contribution in [2.75, 3.05) is 31.7 Å². The first-order chi connectivity index (χ1) is 13.7. The highest BCUT2D eigenvalue weighted by atomic mass is 16.5. The van der Waals surface area contributed by atoms with E-state index in [1.165, 1.54) is 0 Å². The Bertz CT molecular complexity index is 844. The van der Waals surface area contributed by atoms with Gasteiger partial charge in [0.25, 0.3) is 0 Å². The molecule has 0 bridgehead atoms. The summed E-state index contributed by atoms with van der Waals surface area (Å²) in [7, 11) is 0. The van der Waals surface area contributed by atoms with Crippen LogP contribution in [-0.4, -0.2) is 26.4 Å². The fourth-order valence-corrected chi connectivity index (χ4v) is 2.91. The number of para-hydroxylation sites is 2. The van der Waals surface area contributed by atoms with Gasteiger partial charge in [-0.1, -0.05) is 42.5 Å². The van der Waals surface area contributed by atoms with Gasteiger partial charge < -0.3 is 19.5 Å². The van der Waals surface area contributed by atoms with Crippen LogP contribution in [0.4, 0.5) is 5.69 Å². The molecule has 0 spiro atoms. The predicted octanol–water partition coefficient (Wildman–Crippen LogP) is 5.25. The van der Waals surface area contributed by atoms with Gasteiger partial charge >= 0.3 is 0 Å². The number of anilines is 1. The van der Waals surface area contributed by atoms with E-state index in [1.54, 1.807) is 0 Å². The van der Waals surface area contributed by atoms with Gasteiger partial charge in [0, 0.05) is 18.3 Å². The summed E-state index contributed by atoms with van der Waals surface area (Å²) in [6, 6.07) is 23.9. The van der Waals surface area contributed by atoms with Crippen LogP contribution in [0.25, 0.3) is 0 Å². The second-order valence-corrected chi connectivity index (χ2v) is 6.53. The van der Waals surface area contributed by atoms with E-state index in [2.05, 4.69) is 31.3 Å². The highest BCUT2D eigenvalue weighted by Crippen LogP contribution is 2.22. The van der Waals surface area contributed by atoms with Crippen molar-refractivity contribution in [2.45, 2.75) is 13.8 Å². The maximum atomic E-state index is 5.93. The first-order valence-corrected chi connectivity index (χ1v) is 9.56. The molecule has 3 aromatic rings. The van der Waals surface area contributed by atoms with E-state index in [0.29, 0.717) is 26.4 Å². The van der Waals surface area contributed by atoms with Gasteiger partial charge in [-0.15, -0.1) is 0 Å². The highest BCUT2D eigenvalue weighted by molar-refractivity contribution is 5.48. The largest absolute Gasteiger partial charge is 0.491 e. The molecule has 0 amide bonds. The molecule has 3 rings (SSSR count). The van der Waals surface area contributed by atoms with Crippen LogP contribution in [-0.2, 0) is 0 Å². The van der Waals surface area contributed by atoms with Crippen molar-refractivity contribution in [2.24, 2.45) is 0 Å². The summed E-state index contributed by atoms with van der Waals surface area (Å²) in [5, 5.41) is 3.37. The molecular weight excluding hydrogens is 350 g/mol. The standard InChI is InChI=1S/C24H27NO3/c1-19-8-6-9-20(2)24(19)28-15-14-25-21-10-7-13-23(18-21)27-17-16-26-22-11-4-3-5-12-22/h3-13,18,25H,14-17H2,1-2H3. The Morgan fingerprint density at radius 1 is 0.643 bits per heavy atom. The monoisotopic (exact) mass is 377 g/mol. The molecule has 146 valence electrons. The zero-order valence-electron chi connectivity index (χ0n) is 16.5. The van der Waals surface area contributed by atoms with E-state index < -0.39 is 0 Å². The molecule has 0 heterocycles. The fraction of sp³-hybridized carbons (Fsp3) is 0.250. The average Bonchev–Trinajstić information content (AvgIpc) is 2.71. The topological polar surface area (TPSA) is 39.7 Å². The Morgan fingerprint density at radius 3 is 2.04 bits per heavy atom. The maximum absolute atomic E-state index is 5.93. The van der Waals surface area contributed by atoms with E-state index in [-0.39, 0.29) is 0 Å². The molecule has 0 aromatic heterocycles. The van der Waals surface area contributed by atoms with Crippen molar-refractivity contribution < 1.29 is 14.2 Å². The van der Waals surface area contributed by atoms with Crippen LogP contribution in [0, 0.1) is 13.8 Å². The molecule has 0 aliphatic rings. The van der Waals surface area contributed by atoms with Gasteiger partial charge in [0.15, 0.2) is 0 Å². The third-order valence-electron chi connectivity index (χ3n) is 4.28. The quantitative estimate of drug-likeness (QED) is 0.490. The molecular formula is C24H27NO3. The van der Waals surface area contributed by atoms with Gasteiger partial charge in [0.05, 0.1) is 0 Å². The molecule has 0 atom stereocenters. The van der Waals surface area contributed by atoms with Crippen molar-refractivity contribution in [3.8, 4) is 17.2 Å². The summed E-state index contributed by atoms with van der Waals surface area (Å²) in [6.07, 6.45) is 0. The summed E-state index contributed by atoms with van der Waals surface area (Å²) in [5.74, 6) is 2.64. The summed E-state index contributed by atoms with van der Waals surface area (Å²) in [4.78, 5) is 0. The molecule has 0 radical (unpaired) electrons. The van der Waals surface area contributed by atoms with Crippen molar-refractivity contribution in [3.05, 3.63) is 83.9 Å². The molecule has 0 aliphatic heterocycles. The van der Waals surface area contributed by atoms with Gasteiger partial charge in [-0.05, 0) is 49.2 Å². The zero-order chi connectivity index (χ0) is 19.6. The molecule has 0 aliphatic carbocycles. The van der Waals surface area contributed by atoms with Crippen LogP contribution < -0.4 is 19.5 Å². The lowest BCUT2D eigenvalue weighted by atomic mass is 10.1. The summed E-state index contributed by atoms with van der Waals surface area (Å²) >= 11 is 0. The maximum Gasteiger partial charge on any atom is 0.125 e. The molecule has 4 heteroatoms. The number of ether oxygens (including phenoxy) is 3. The van der Waals surface area contributed by atoms with Crippen molar-refractivity contribution in [1.82, 2.24) is 0 Å². The number of aryl methyl sites for hydroxylation is 2. The number of hydrogen-bond acceptors (Lipinski definition) is 4. The predicted molar refractivity (Wildman–Crippen MR) is 114 cm³/mol. The summed E-state index contributed by atoms with van der Waals surface area (Å²) in [5.41, 5.74) is 3.33. The molecule has 0 fully saturated rings. The smallest absolute Gasteiger partial charge is 0.125 e. The molecule has 0 saturated heterocycles. The minimum Gasteiger partial charge on any atom is -0.491 e. The van der Waals surface area contributed by atoms with E-state index in [0.717, 1.165) is 34.1 Å². The third kappa shape index (κ3) is 5.95. The SMILES string of the molecule is Cc1cccc(C)c1OCCNc1cccc(OCCOc2ccccc2)c1. The number of nitrogens with one attached hydrogen (secondary N) is 1. The van der Waals surface area contributed by atoms with Crippen LogP contribution >= 0.6 is 0 Å². The lowest BCUT2D eigenvalue weighted by molar-refractivity contribution is 0.217. The molecule has 1 N–H and O–H groups in total. The minimum absolute atomic E-state index is 0.494. The lowest BCUT2D eigenvalue weighted by Gasteiger charge is -2.13. The van der Waals surface area contributed by atoms with E-state index in [1.807, 2.05) is 60.7 Å². The Balaban J connectivity index is 1.39. The van der Waals surface area contributed by atoms with Gasteiger partial charge in [-0.3, -0.25) is 0 Å². The van der Waals surface area contributed by atoms with E-state index in [4.69, 9.17) is 14.2 Å². The third-order valence-corrected chi connectivity index (χ3v) is 4.28. The Hall–Kier alpha value is -3.14. The number of hydrogen-bond donors (Lipinski definition) is 1. The first-order valence-electron chi connectivity index (χ1n) is 9.56. The van der Waals surface area contributed by atoms with Gasteiger partial charge in [0.2, 0.25) is 0 Å². The molecule has 3 aromatic carbocycles. The van der Waals surface area contributed by atoms with Crippen LogP contribution in [0.5, 0.6) is 17.2 Å². The second kappa shape index (κ2) is 10.3. The second-order valence-electron chi connectivity index (χ2n) is 6.53. The number of benzene rings is 3. The van der Waals surface area contributed by atoms with Gasteiger partial charge in [0.1, 0.15) is 37.1 Å². The van der Waals surface area contributed by atoms with Crippen LogP contribution in [0.15, 0.2) is 72.8 Å². The fourth-order valence-electron chi connectivity index (χ4n) is 2.91. The van der Waals surface area contributed by atoms with Crippen molar-refractivity contribution >= 4 is 5.69 Å². The van der Waals surface area contributed by atoms with Crippen LogP contribution in [0.3, 0.4) is 0 Å². The zero-order valence-corrected chi connectivity index (χ0v) is 16.5. The Labute approximate surface area is 167 Å². The number of rotatable bonds is 10. The van der Waals surface area contributed by atoms with Crippen LogP contribution in [0.1, 0.15) is 11.1 Å². The van der Waals surface area contributed by atoms with E-state index >= 15 is 0 Å². The van der Waals surface area contributed by atoms with Crippen molar-refractivity contribution in [1.29, 1.82) is 0 Å². The van der Waals surface area contributed by atoms with E-state index in [9.17, 15) is 0 Å². The average molecular weight is 377 g/mol.